The first-order chi connectivity index (χ1) is 11.5. The minimum atomic E-state index is -0.916. The lowest BCUT2D eigenvalue weighted by atomic mass is 10.2. The number of thioether (sulfide) groups is 1. The molecule has 1 heterocycles. The van der Waals surface area contributed by atoms with Gasteiger partial charge in [-0.3, -0.25) is 14.4 Å². The molecular formula is C16H20N2O5S. The highest BCUT2D eigenvalue weighted by atomic mass is 32.2. The zero-order valence-electron chi connectivity index (χ0n) is 13.6. The Morgan fingerprint density at radius 2 is 2.04 bits per heavy atom. The lowest BCUT2D eigenvalue weighted by Gasteiger charge is -2.17. The highest BCUT2D eigenvalue weighted by Crippen LogP contribution is 2.16. The van der Waals surface area contributed by atoms with Crippen molar-refractivity contribution in [3.8, 4) is 5.75 Å². The predicted octanol–water partition coefficient (Wildman–Crippen LogP) is 1.41. The normalized spacial score (nSPS) is 15.1. The summed E-state index contributed by atoms with van der Waals surface area (Å²) in [6, 6.07) is 7.28. The number of hydrogen-bond donors (Lipinski definition) is 1. The van der Waals surface area contributed by atoms with Gasteiger partial charge in [0.15, 0.2) is 6.10 Å². The topological polar surface area (TPSA) is 84.9 Å². The lowest BCUT2D eigenvalue weighted by molar-refractivity contribution is -0.155. The van der Waals surface area contributed by atoms with Crippen LogP contribution in [0.25, 0.3) is 0 Å². The van der Waals surface area contributed by atoms with Crippen LogP contribution < -0.4 is 10.1 Å². The van der Waals surface area contributed by atoms with E-state index in [2.05, 4.69) is 5.32 Å². The number of benzene rings is 1. The van der Waals surface area contributed by atoms with Crippen LogP contribution in [-0.4, -0.2) is 54.1 Å². The molecule has 2 rings (SSSR count). The summed E-state index contributed by atoms with van der Waals surface area (Å²) in [5.74, 6) is 0.436. The predicted molar refractivity (Wildman–Crippen MR) is 89.8 cm³/mol. The zero-order valence-corrected chi connectivity index (χ0v) is 14.4. The smallest absolute Gasteiger partial charge is 0.326 e. The largest absolute Gasteiger partial charge is 0.497 e. The monoisotopic (exact) mass is 352 g/mol. The molecule has 0 aliphatic carbocycles. The molecule has 7 nitrogen and oxygen atoms in total. The van der Waals surface area contributed by atoms with E-state index in [1.165, 1.54) is 23.6 Å². The fourth-order valence-electron chi connectivity index (χ4n) is 2.09. The number of carbonyl (C=O) groups is 3. The molecule has 24 heavy (non-hydrogen) atoms. The molecular weight excluding hydrogens is 332 g/mol. The van der Waals surface area contributed by atoms with Crippen LogP contribution >= 0.6 is 11.8 Å². The van der Waals surface area contributed by atoms with Gasteiger partial charge in [-0.05, 0) is 24.6 Å². The van der Waals surface area contributed by atoms with E-state index in [4.69, 9.17) is 9.47 Å². The van der Waals surface area contributed by atoms with Crippen molar-refractivity contribution in [1.82, 2.24) is 10.2 Å². The number of esters is 1. The number of nitrogens with zero attached hydrogens (tertiary/aromatic N) is 1. The van der Waals surface area contributed by atoms with Gasteiger partial charge in [-0.2, -0.15) is 0 Å². The lowest BCUT2D eigenvalue weighted by Crippen LogP contribution is -2.38. The van der Waals surface area contributed by atoms with E-state index in [9.17, 15) is 14.4 Å². The SMILES string of the molecule is COc1ccc(CNC(=O)[C@H](C)OC(=O)CN2CCSC2=O)cc1. The number of nitrogens with one attached hydrogen (secondary N) is 1. The number of methoxy groups -OCH3 is 1. The molecule has 1 fully saturated rings. The summed E-state index contributed by atoms with van der Waals surface area (Å²) in [5, 5.41) is 2.57. The van der Waals surface area contributed by atoms with Crippen LogP contribution in [0.2, 0.25) is 0 Å². The second kappa shape index (κ2) is 8.58. The molecule has 1 saturated heterocycles. The summed E-state index contributed by atoms with van der Waals surface area (Å²) >= 11 is 1.17. The molecule has 1 atom stereocenters. The molecule has 1 aliphatic heterocycles. The van der Waals surface area contributed by atoms with Crippen LogP contribution in [0.3, 0.4) is 0 Å². The third-order valence-corrected chi connectivity index (χ3v) is 4.36. The van der Waals surface area contributed by atoms with E-state index in [-0.39, 0.29) is 17.7 Å². The molecule has 1 N–H and O–H groups in total. The van der Waals surface area contributed by atoms with Crippen molar-refractivity contribution in [2.24, 2.45) is 0 Å². The molecule has 1 aromatic carbocycles. The Labute approximate surface area is 144 Å². The Hall–Kier alpha value is -2.22. The summed E-state index contributed by atoms with van der Waals surface area (Å²) in [7, 11) is 1.58. The van der Waals surface area contributed by atoms with E-state index < -0.39 is 12.1 Å². The fraction of sp³-hybridized carbons (Fsp3) is 0.438. The van der Waals surface area contributed by atoms with E-state index >= 15 is 0 Å². The van der Waals surface area contributed by atoms with Crippen LogP contribution in [0, 0.1) is 0 Å². The first kappa shape index (κ1) is 18.1. The summed E-state index contributed by atoms with van der Waals surface area (Å²) in [4.78, 5) is 36.6. The van der Waals surface area contributed by atoms with Crippen LogP contribution in [0.15, 0.2) is 24.3 Å². The van der Waals surface area contributed by atoms with Gasteiger partial charge in [0.2, 0.25) is 0 Å². The van der Waals surface area contributed by atoms with Crippen molar-refractivity contribution in [3.05, 3.63) is 29.8 Å². The molecule has 8 heteroatoms. The highest BCUT2D eigenvalue weighted by molar-refractivity contribution is 8.13. The van der Waals surface area contributed by atoms with Gasteiger partial charge < -0.3 is 19.7 Å². The molecule has 0 aromatic heterocycles. The molecule has 1 aromatic rings. The van der Waals surface area contributed by atoms with Crippen LogP contribution in [0.4, 0.5) is 4.79 Å². The second-order valence-corrected chi connectivity index (χ2v) is 6.28. The molecule has 0 unspecified atom stereocenters. The van der Waals surface area contributed by atoms with E-state index in [0.717, 1.165) is 11.3 Å². The molecule has 0 bridgehead atoms. The van der Waals surface area contributed by atoms with Crippen molar-refractivity contribution in [1.29, 1.82) is 0 Å². The number of rotatable bonds is 7. The van der Waals surface area contributed by atoms with Crippen LogP contribution in [0.1, 0.15) is 12.5 Å². The van der Waals surface area contributed by atoms with Gasteiger partial charge in [-0.15, -0.1) is 0 Å². The van der Waals surface area contributed by atoms with Gasteiger partial charge in [0.1, 0.15) is 12.3 Å². The quantitative estimate of drug-likeness (QED) is 0.747. The summed E-state index contributed by atoms with van der Waals surface area (Å²) in [6.45, 7) is 2.23. The number of ether oxygens (including phenoxy) is 2. The highest BCUT2D eigenvalue weighted by Gasteiger charge is 2.25. The number of hydrogen-bond acceptors (Lipinski definition) is 6. The van der Waals surface area contributed by atoms with Crippen molar-refractivity contribution < 1.29 is 23.9 Å². The fourth-order valence-corrected chi connectivity index (χ4v) is 2.91. The maximum atomic E-state index is 12.0. The van der Waals surface area contributed by atoms with E-state index in [1.807, 2.05) is 12.1 Å². The zero-order chi connectivity index (χ0) is 17.5. The average molecular weight is 352 g/mol. The van der Waals surface area contributed by atoms with Crippen molar-refractivity contribution in [2.75, 3.05) is 26.0 Å². The van der Waals surface area contributed by atoms with Gasteiger partial charge in [0.05, 0.1) is 7.11 Å². The molecule has 130 valence electrons. The first-order valence-corrected chi connectivity index (χ1v) is 8.50. The van der Waals surface area contributed by atoms with E-state index in [0.29, 0.717) is 18.8 Å². The van der Waals surface area contributed by atoms with Gasteiger partial charge in [0.25, 0.3) is 11.1 Å². The van der Waals surface area contributed by atoms with Gasteiger partial charge >= 0.3 is 5.97 Å². The van der Waals surface area contributed by atoms with Crippen molar-refractivity contribution in [3.63, 3.8) is 0 Å². The van der Waals surface area contributed by atoms with Crippen LogP contribution in [0.5, 0.6) is 5.75 Å². The average Bonchev–Trinajstić information content (AvgIpc) is 2.97. The second-order valence-electron chi connectivity index (χ2n) is 5.23. The summed E-state index contributed by atoms with van der Waals surface area (Å²) < 4.78 is 10.1. The molecule has 0 saturated carbocycles. The van der Waals surface area contributed by atoms with Gasteiger partial charge in [0, 0.05) is 18.8 Å². The molecule has 1 aliphatic rings. The standard InChI is InChI=1S/C16H20N2O5S/c1-11(23-14(19)10-18-7-8-24-16(18)21)15(20)17-9-12-3-5-13(22-2)6-4-12/h3-6,11H,7-10H2,1-2H3,(H,17,20)/t11-/m0/s1. The van der Waals surface area contributed by atoms with Crippen LogP contribution in [-0.2, 0) is 20.9 Å². The minimum Gasteiger partial charge on any atom is -0.497 e. The third kappa shape index (κ3) is 5.16. The first-order valence-electron chi connectivity index (χ1n) is 7.51. The van der Waals surface area contributed by atoms with Gasteiger partial charge in [-0.1, -0.05) is 23.9 Å². The Balaban J connectivity index is 1.74. The van der Waals surface area contributed by atoms with Crippen molar-refractivity contribution in [2.45, 2.75) is 19.6 Å². The Morgan fingerprint density at radius 3 is 2.62 bits per heavy atom. The van der Waals surface area contributed by atoms with Crippen molar-refractivity contribution >= 4 is 28.9 Å². The number of amides is 2. The Morgan fingerprint density at radius 1 is 1.33 bits per heavy atom. The minimum absolute atomic E-state index is 0.123. The van der Waals surface area contributed by atoms with E-state index in [1.54, 1.807) is 19.2 Å². The maximum Gasteiger partial charge on any atom is 0.326 e. The van der Waals surface area contributed by atoms with Gasteiger partial charge in [-0.25, -0.2) is 0 Å². The molecule has 2 amide bonds. The summed E-state index contributed by atoms with van der Waals surface area (Å²) in [6.07, 6.45) is -0.916. The molecule has 0 radical (unpaired) electrons. The molecule has 0 spiro atoms. The summed E-state index contributed by atoms with van der Waals surface area (Å²) in [5.41, 5.74) is 0.905. The Bertz CT molecular complexity index is 605. The Kier molecular flexibility index (Phi) is 6.48. The maximum absolute atomic E-state index is 12.0. The number of carbonyl (C=O) groups excluding carboxylic acids is 3. The third-order valence-electron chi connectivity index (χ3n) is 3.47.